The van der Waals surface area contributed by atoms with Crippen LogP contribution in [0.2, 0.25) is 0 Å². The van der Waals surface area contributed by atoms with Crippen molar-refractivity contribution in [3.05, 3.63) is 71.8 Å². The summed E-state index contributed by atoms with van der Waals surface area (Å²) in [6, 6.07) is 18.7. The van der Waals surface area contributed by atoms with Gasteiger partial charge in [0.05, 0.1) is 6.54 Å². The maximum absolute atomic E-state index is 12.5. The molecule has 2 rings (SSSR count). The van der Waals surface area contributed by atoms with Crippen molar-refractivity contribution >= 4 is 11.9 Å². The Hall–Kier alpha value is -2.66. The molecule has 0 aromatic heterocycles. The first-order valence-electron chi connectivity index (χ1n) is 8.07. The van der Waals surface area contributed by atoms with E-state index in [2.05, 4.69) is 29.7 Å². The molecule has 0 unspecified atom stereocenters. The molecular formula is C19H24N3O2+. The number of carbonyl (C=O) groups excluding carboxylic acids is 2. The highest BCUT2D eigenvalue weighted by molar-refractivity contribution is 5.96. The van der Waals surface area contributed by atoms with Crippen LogP contribution in [0.15, 0.2) is 60.7 Å². The number of carbonyl (C=O) groups is 2. The highest BCUT2D eigenvalue weighted by Gasteiger charge is 2.26. The van der Waals surface area contributed by atoms with E-state index in [9.17, 15) is 9.59 Å². The van der Waals surface area contributed by atoms with Gasteiger partial charge in [-0.15, -0.1) is 0 Å². The monoisotopic (exact) mass is 326 g/mol. The molecule has 2 atom stereocenters. The molecule has 3 amide bonds. The van der Waals surface area contributed by atoms with Crippen molar-refractivity contribution in [3.63, 3.8) is 0 Å². The van der Waals surface area contributed by atoms with Crippen LogP contribution in [-0.4, -0.2) is 25.5 Å². The lowest BCUT2D eigenvalue weighted by Gasteiger charge is -2.18. The Morgan fingerprint density at radius 1 is 0.958 bits per heavy atom. The molecule has 0 saturated heterocycles. The van der Waals surface area contributed by atoms with E-state index in [1.807, 2.05) is 53.8 Å². The molecule has 2 aromatic carbocycles. The van der Waals surface area contributed by atoms with Gasteiger partial charge in [0, 0.05) is 18.5 Å². The summed E-state index contributed by atoms with van der Waals surface area (Å²) in [6.07, 6.45) is 0. The highest BCUT2D eigenvalue weighted by Crippen LogP contribution is 2.13. The quantitative estimate of drug-likeness (QED) is 0.753. The lowest BCUT2D eigenvalue weighted by molar-refractivity contribution is -0.684. The number of quaternary nitrogens is 1. The van der Waals surface area contributed by atoms with Crippen LogP contribution in [0.5, 0.6) is 0 Å². The summed E-state index contributed by atoms with van der Waals surface area (Å²) in [6.45, 7) is 2.87. The molecule has 0 aliphatic heterocycles. The zero-order valence-corrected chi connectivity index (χ0v) is 14.0. The van der Waals surface area contributed by atoms with E-state index in [0.717, 1.165) is 12.1 Å². The van der Waals surface area contributed by atoms with Gasteiger partial charge in [-0.25, -0.2) is 4.79 Å². The first-order chi connectivity index (χ1) is 11.6. The lowest BCUT2D eigenvalue weighted by Crippen LogP contribution is -2.88. The molecule has 2 aromatic rings. The Bertz CT molecular complexity index is 659. The second-order valence-electron chi connectivity index (χ2n) is 5.74. The Balaban J connectivity index is 2.08. The number of nitrogens with one attached hydrogen (secondary N) is 2. The van der Waals surface area contributed by atoms with Crippen LogP contribution in [0.4, 0.5) is 4.79 Å². The van der Waals surface area contributed by atoms with Crippen molar-refractivity contribution in [2.24, 2.45) is 0 Å². The molecule has 5 heteroatoms. The summed E-state index contributed by atoms with van der Waals surface area (Å²) in [5.41, 5.74) is 2.10. The van der Waals surface area contributed by atoms with E-state index < -0.39 is 12.1 Å². The topological polar surface area (TPSA) is 74.8 Å². The smallest absolute Gasteiger partial charge is 0.321 e. The molecule has 0 heterocycles. The molecule has 0 bridgehead atoms. The largest absolute Gasteiger partial charge is 0.341 e. The van der Waals surface area contributed by atoms with Crippen molar-refractivity contribution in [3.8, 4) is 0 Å². The summed E-state index contributed by atoms with van der Waals surface area (Å²) in [5.74, 6) is -0.0222. The van der Waals surface area contributed by atoms with E-state index in [1.165, 1.54) is 12.6 Å². The number of amides is 3. The van der Waals surface area contributed by atoms with Crippen molar-refractivity contribution in [1.82, 2.24) is 10.6 Å². The minimum absolute atomic E-state index is 0.296. The second kappa shape index (κ2) is 8.84. The number of rotatable bonds is 6. The number of imide groups is 1. The Morgan fingerprint density at radius 2 is 1.50 bits per heavy atom. The summed E-state index contributed by atoms with van der Waals surface area (Å²) in [4.78, 5) is 23.9. The fourth-order valence-corrected chi connectivity index (χ4v) is 2.56. The van der Waals surface area contributed by atoms with Crippen LogP contribution in [-0.2, 0) is 4.79 Å². The Morgan fingerprint density at radius 3 is 2.04 bits per heavy atom. The van der Waals surface area contributed by atoms with Gasteiger partial charge in [0.15, 0.2) is 6.04 Å². The van der Waals surface area contributed by atoms with E-state index in [1.54, 1.807) is 0 Å². The van der Waals surface area contributed by atoms with Gasteiger partial charge in [0.25, 0.3) is 5.91 Å². The van der Waals surface area contributed by atoms with Crippen molar-refractivity contribution in [2.45, 2.75) is 18.9 Å². The summed E-state index contributed by atoms with van der Waals surface area (Å²) in [5, 5.41) is 6.76. The molecular weight excluding hydrogens is 302 g/mol. The van der Waals surface area contributed by atoms with Crippen LogP contribution >= 0.6 is 0 Å². The fourth-order valence-electron chi connectivity index (χ4n) is 2.56. The van der Waals surface area contributed by atoms with E-state index >= 15 is 0 Å². The number of nitrogens with two attached hydrogens (primary N) is 1. The maximum Gasteiger partial charge on any atom is 0.321 e. The third-order valence-electron chi connectivity index (χ3n) is 4.00. The zero-order chi connectivity index (χ0) is 17.4. The van der Waals surface area contributed by atoms with Crippen LogP contribution in [0, 0.1) is 0 Å². The van der Waals surface area contributed by atoms with Crippen LogP contribution in [0.1, 0.15) is 30.0 Å². The van der Waals surface area contributed by atoms with Crippen LogP contribution in [0.3, 0.4) is 0 Å². The number of benzene rings is 2. The molecule has 24 heavy (non-hydrogen) atoms. The van der Waals surface area contributed by atoms with Gasteiger partial charge in [-0.3, -0.25) is 10.1 Å². The predicted molar refractivity (Wildman–Crippen MR) is 93.4 cm³/mol. The molecule has 0 radical (unpaired) electrons. The van der Waals surface area contributed by atoms with Crippen molar-refractivity contribution in [2.75, 3.05) is 13.6 Å². The maximum atomic E-state index is 12.5. The normalized spacial score (nSPS) is 12.9. The number of hydrogen-bond acceptors (Lipinski definition) is 2. The minimum Gasteiger partial charge on any atom is -0.341 e. The van der Waals surface area contributed by atoms with Gasteiger partial charge in [0.2, 0.25) is 0 Å². The third kappa shape index (κ3) is 4.93. The van der Waals surface area contributed by atoms with Crippen molar-refractivity contribution < 1.29 is 14.9 Å². The second-order valence-corrected chi connectivity index (χ2v) is 5.74. The van der Waals surface area contributed by atoms with Crippen LogP contribution in [0.25, 0.3) is 0 Å². The van der Waals surface area contributed by atoms with Gasteiger partial charge in [-0.1, -0.05) is 67.6 Å². The summed E-state index contributed by atoms with van der Waals surface area (Å²) >= 11 is 0. The Kier molecular flexibility index (Phi) is 6.51. The van der Waals surface area contributed by atoms with E-state index in [0.29, 0.717) is 5.92 Å². The zero-order valence-electron chi connectivity index (χ0n) is 14.0. The summed E-state index contributed by atoms with van der Waals surface area (Å²) in [7, 11) is 1.49. The van der Waals surface area contributed by atoms with Crippen molar-refractivity contribution in [1.29, 1.82) is 0 Å². The first-order valence-corrected chi connectivity index (χ1v) is 8.07. The molecule has 4 N–H and O–H groups in total. The van der Waals surface area contributed by atoms with E-state index in [4.69, 9.17) is 0 Å². The lowest BCUT2D eigenvalue weighted by atomic mass is 10.00. The predicted octanol–water partition coefficient (Wildman–Crippen LogP) is 1.55. The number of urea groups is 1. The molecule has 0 spiro atoms. The SMILES string of the molecule is CNC(=O)NC(=O)[C@H]([NH2+]C[C@H](C)c1ccccc1)c1ccccc1. The minimum atomic E-state index is -0.495. The number of hydrogen-bond donors (Lipinski definition) is 3. The van der Waals surface area contributed by atoms with Gasteiger partial charge in [-0.2, -0.15) is 0 Å². The Labute approximate surface area is 142 Å². The molecule has 0 fully saturated rings. The van der Waals surface area contributed by atoms with Gasteiger partial charge < -0.3 is 10.6 Å². The van der Waals surface area contributed by atoms with Gasteiger partial charge >= 0.3 is 6.03 Å². The molecule has 0 saturated carbocycles. The summed E-state index contributed by atoms with van der Waals surface area (Å²) < 4.78 is 0. The van der Waals surface area contributed by atoms with Gasteiger partial charge in [0.1, 0.15) is 0 Å². The van der Waals surface area contributed by atoms with Gasteiger partial charge in [-0.05, 0) is 5.56 Å². The fraction of sp³-hybridized carbons (Fsp3) is 0.263. The molecule has 5 nitrogen and oxygen atoms in total. The molecule has 0 aliphatic carbocycles. The average Bonchev–Trinajstić information content (AvgIpc) is 2.63. The molecule has 0 aliphatic rings. The average molecular weight is 326 g/mol. The standard InChI is InChI=1S/C19H23N3O2/c1-14(15-9-5-3-6-10-15)13-21-17(16-11-7-4-8-12-16)18(23)22-19(24)20-2/h3-12,14,17,21H,13H2,1-2H3,(H2,20,22,23,24)/p+1/t14-,17+/m0/s1. The molecule has 126 valence electrons. The van der Waals surface area contributed by atoms with E-state index in [-0.39, 0.29) is 5.91 Å². The highest BCUT2D eigenvalue weighted by atomic mass is 16.2. The van der Waals surface area contributed by atoms with Crippen LogP contribution < -0.4 is 16.0 Å². The first kappa shape index (κ1) is 17.7. The third-order valence-corrected chi connectivity index (χ3v) is 4.00.